The molecule has 3 rings (SSSR count). The third-order valence-electron chi connectivity index (χ3n) is 4.08. The highest BCUT2D eigenvalue weighted by Crippen LogP contribution is 2.28. The minimum Gasteiger partial charge on any atom is -0.484 e. The van der Waals surface area contributed by atoms with E-state index in [-0.39, 0.29) is 25.0 Å². The summed E-state index contributed by atoms with van der Waals surface area (Å²) in [5, 5.41) is 4.94. The zero-order chi connectivity index (χ0) is 21.7. The minimum atomic E-state index is -0.161. The molecular formula is C21H20Cl2IN3O3. The summed E-state index contributed by atoms with van der Waals surface area (Å²) in [5.74, 6) is 1.41. The highest BCUT2D eigenvalue weighted by molar-refractivity contribution is 14.1. The monoisotopic (exact) mass is 559 g/mol. The van der Waals surface area contributed by atoms with Crippen LogP contribution in [0.1, 0.15) is 19.7 Å². The molecular weight excluding hydrogens is 540 g/mol. The first-order valence-corrected chi connectivity index (χ1v) is 11.1. The summed E-state index contributed by atoms with van der Waals surface area (Å²) in [4.78, 5) is 18.8. The predicted octanol–water partition coefficient (Wildman–Crippen LogP) is 5.71. The number of amides is 1. The first-order chi connectivity index (χ1) is 14.3. The molecule has 0 atom stereocenters. The van der Waals surface area contributed by atoms with Gasteiger partial charge in [0.25, 0.3) is 5.91 Å². The van der Waals surface area contributed by atoms with Crippen LogP contribution in [0.25, 0.3) is 11.4 Å². The second-order valence-corrected chi connectivity index (χ2v) is 9.14. The number of ether oxygens (including phenoxy) is 1. The van der Waals surface area contributed by atoms with Crippen molar-refractivity contribution < 1.29 is 14.1 Å². The molecule has 6 nitrogen and oxygen atoms in total. The van der Waals surface area contributed by atoms with E-state index in [2.05, 4.69) is 32.7 Å². The molecule has 0 spiro atoms. The second-order valence-electron chi connectivity index (χ2n) is 7.05. The van der Waals surface area contributed by atoms with E-state index in [1.54, 1.807) is 23.1 Å². The van der Waals surface area contributed by atoms with E-state index in [1.165, 1.54) is 0 Å². The zero-order valence-corrected chi connectivity index (χ0v) is 20.1. The Balaban J connectivity index is 1.69. The number of nitrogens with zero attached hydrogens (tertiary/aromatic N) is 3. The summed E-state index contributed by atoms with van der Waals surface area (Å²) in [5.41, 5.74) is 0.611. The predicted molar refractivity (Wildman–Crippen MR) is 125 cm³/mol. The lowest BCUT2D eigenvalue weighted by Gasteiger charge is -2.23. The van der Waals surface area contributed by atoms with Crippen LogP contribution in [0.15, 0.2) is 47.0 Å². The van der Waals surface area contributed by atoms with Crippen molar-refractivity contribution in [3.63, 3.8) is 0 Å². The Morgan fingerprint density at radius 2 is 1.93 bits per heavy atom. The first kappa shape index (κ1) is 22.8. The van der Waals surface area contributed by atoms with E-state index in [4.69, 9.17) is 32.5 Å². The topological polar surface area (TPSA) is 68.5 Å². The third kappa shape index (κ3) is 6.33. The van der Waals surface area contributed by atoms with Crippen molar-refractivity contribution in [2.24, 2.45) is 5.92 Å². The van der Waals surface area contributed by atoms with Crippen molar-refractivity contribution in [1.82, 2.24) is 15.0 Å². The van der Waals surface area contributed by atoms with Gasteiger partial charge >= 0.3 is 0 Å². The van der Waals surface area contributed by atoms with Gasteiger partial charge in [-0.05, 0) is 71.0 Å². The molecule has 9 heteroatoms. The van der Waals surface area contributed by atoms with E-state index in [0.717, 1.165) is 3.57 Å². The lowest BCUT2D eigenvalue weighted by Crippen LogP contribution is -2.37. The van der Waals surface area contributed by atoms with Crippen molar-refractivity contribution in [3.8, 4) is 17.1 Å². The molecule has 3 aromatic rings. The normalized spacial score (nSPS) is 11.0. The molecule has 2 aromatic carbocycles. The van der Waals surface area contributed by atoms with Crippen LogP contribution >= 0.6 is 45.8 Å². The van der Waals surface area contributed by atoms with Crippen LogP contribution in [-0.4, -0.2) is 34.1 Å². The Kier molecular flexibility index (Phi) is 7.96. The first-order valence-electron chi connectivity index (χ1n) is 9.26. The van der Waals surface area contributed by atoms with Crippen LogP contribution in [0.3, 0.4) is 0 Å². The van der Waals surface area contributed by atoms with Crippen LogP contribution < -0.4 is 4.74 Å². The Hall–Kier alpha value is -1.84. The van der Waals surface area contributed by atoms with Gasteiger partial charge in [-0.25, -0.2) is 0 Å². The summed E-state index contributed by atoms with van der Waals surface area (Å²) in [6.07, 6.45) is 0. The number of aromatic nitrogens is 2. The molecule has 0 N–H and O–H groups in total. The van der Waals surface area contributed by atoms with Crippen molar-refractivity contribution in [1.29, 1.82) is 0 Å². The number of halogens is 3. The maximum Gasteiger partial charge on any atom is 0.260 e. The van der Waals surface area contributed by atoms with E-state index in [9.17, 15) is 4.79 Å². The van der Waals surface area contributed by atoms with Crippen molar-refractivity contribution >= 4 is 51.7 Å². The fourth-order valence-electron chi connectivity index (χ4n) is 2.73. The Bertz CT molecular complexity index is 1010. The zero-order valence-electron chi connectivity index (χ0n) is 16.4. The van der Waals surface area contributed by atoms with Gasteiger partial charge in [-0.1, -0.05) is 42.2 Å². The van der Waals surface area contributed by atoms with Crippen LogP contribution in [0.4, 0.5) is 0 Å². The molecule has 1 heterocycles. The molecule has 0 radical (unpaired) electrons. The van der Waals surface area contributed by atoms with Gasteiger partial charge in [0.15, 0.2) is 6.61 Å². The molecule has 0 aliphatic heterocycles. The molecule has 0 bridgehead atoms. The van der Waals surface area contributed by atoms with Gasteiger partial charge in [0.2, 0.25) is 11.7 Å². The van der Waals surface area contributed by atoms with E-state index in [1.807, 2.05) is 38.1 Å². The number of rotatable bonds is 8. The summed E-state index contributed by atoms with van der Waals surface area (Å²) in [6, 6.07) is 12.6. The van der Waals surface area contributed by atoms with Gasteiger partial charge in [-0.2, -0.15) is 4.98 Å². The molecule has 0 aliphatic carbocycles. The quantitative estimate of drug-likeness (QED) is 0.331. The van der Waals surface area contributed by atoms with Crippen molar-refractivity contribution in [2.45, 2.75) is 20.4 Å². The molecule has 1 aromatic heterocycles. The minimum absolute atomic E-state index is 0.0721. The average molecular weight is 560 g/mol. The van der Waals surface area contributed by atoms with Gasteiger partial charge in [-0.3, -0.25) is 4.79 Å². The van der Waals surface area contributed by atoms with Crippen LogP contribution in [0.2, 0.25) is 10.0 Å². The SMILES string of the molecule is CC(C)CN(Cc1nc(-c2ccc(Cl)cc2Cl)no1)C(=O)COc1ccc(I)cc1. The van der Waals surface area contributed by atoms with Gasteiger partial charge in [-0.15, -0.1) is 0 Å². The van der Waals surface area contributed by atoms with Crippen LogP contribution in [0, 0.1) is 9.49 Å². The number of carbonyl (C=O) groups is 1. The maximum atomic E-state index is 12.8. The van der Waals surface area contributed by atoms with Crippen molar-refractivity contribution in [3.05, 3.63) is 62.0 Å². The molecule has 0 aliphatic rings. The Morgan fingerprint density at radius 1 is 1.20 bits per heavy atom. The highest BCUT2D eigenvalue weighted by atomic mass is 127. The fourth-order valence-corrected chi connectivity index (χ4v) is 3.58. The van der Waals surface area contributed by atoms with Gasteiger partial charge < -0.3 is 14.2 Å². The molecule has 0 unspecified atom stereocenters. The van der Waals surface area contributed by atoms with E-state index >= 15 is 0 Å². The van der Waals surface area contributed by atoms with Gasteiger partial charge in [0.05, 0.1) is 5.02 Å². The second kappa shape index (κ2) is 10.5. The summed E-state index contributed by atoms with van der Waals surface area (Å²) in [7, 11) is 0. The number of benzene rings is 2. The highest BCUT2D eigenvalue weighted by Gasteiger charge is 2.20. The van der Waals surface area contributed by atoms with Crippen LogP contribution in [-0.2, 0) is 11.3 Å². The molecule has 158 valence electrons. The molecule has 0 saturated carbocycles. The number of hydrogen-bond donors (Lipinski definition) is 0. The average Bonchev–Trinajstić information content (AvgIpc) is 3.14. The maximum absolute atomic E-state index is 12.8. The van der Waals surface area contributed by atoms with E-state index in [0.29, 0.717) is 39.6 Å². The lowest BCUT2D eigenvalue weighted by atomic mass is 10.2. The van der Waals surface area contributed by atoms with Gasteiger partial charge in [0, 0.05) is 20.7 Å². The molecule has 0 saturated heterocycles. The number of carbonyl (C=O) groups excluding carboxylic acids is 1. The summed E-state index contributed by atoms with van der Waals surface area (Å²) < 4.78 is 12.1. The molecule has 1 amide bonds. The Labute approximate surface area is 198 Å². The Morgan fingerprint density at radius 3 is 2.60 bits per heavy atom. The largest absolute Gasteiger partial charge is 0.484 e. The molecule has 0 fully saturated rings. The lowest BCUT2D eigenvalue weighted by molar-refractivity contribution is -0.134. The van der Waals surface area contributed by atoms with E-state index < -0.39 is 0 Å². The fraction of sp³-hybridized carbons (Fsp3) is 0.286. The standard InChI is InChI=1S/C21H20Cl2IN3O3/c1-13(2)10-27(20(28)12-29-16-6-4-15(24)5-7-16)11-19-25-21(26-30-19)17-8-3-14(22)9-18(17)23/h3-9,13H,10-12H2,1-2H3. The van der Waals surface area contributed by atoms with Crippen LogP contribution in [0.5, 0.6) is 5.75 Å². The number of hydrogen-bond acceptors (Lipinski definition) is 5. The smallest absolute Gasteiger partial charge is 0.260 e. The summed E-state index contributed by atoms with van der Waals surface area (Å²) >= 11 is 14.4. The third-order valence-corrected chi connectivity index (χ3v) is 5.35. The van der Waals surface area contributed by atoms with Crippen molar-refractivity contribution in [2.75, 3.05) is 13.2 Å². The van der Waals surface area contributed by atoms with Gasteiger partial charge in [0.1, 0.15) is 12.3 Å². The molecule has 30 heavy (non-hydrogen) atoms. The summed E-state index contributed by atoms with van der Waals surface area (Å²) in [6.45, 7) is 4.72.